The molecule has 5 rings (SSSR count). The number of carbonyl (C=O) groups excluding carboxylic acids is 1. The molecule has 1 aliphatic heterocycles. The molecular weight excluding hydrogens is 446 g/mol. The largest absolute Gasteiger partial charge is 0.392 e. The van der Waals surface area contributed by atoms with Gasteiger partial charge in [-0.1, -0.05) is 38.4 Å². The van der Waals surface area contributed by atoms with E-state index in [0.29, 0.717) is 23.7 Å². The van der Waals surface area contributed by atoms with E-state index in [0.717, 1.165) is 40.8 Å². The van der Waals surface area contributed by atoms with Gasteiger partial charge in [0.1, 0.15) is 0 Å². The second-order valence-electron chi connectivity index (χ2n) is 10.6. The smallest absolute Gasteiger partial charge is 0.253 e. The average molecular weight is 476 g/mol. The van der Waals surface area contributed by atoms with Gasteiger partial charge in [-0.3, -0.25) is 14.8 Å². The third-order valence-electron chi connectivity index (χ3n) is 7.20. The average Bonchev–Trinajstić information content (AvgIpc) is 3.03. The van der Waals surface area contributed by atoms with Crippen LogP contribution in [-0.2, 0) is 5.41 Å². The topological polar surface area (TPSA) is 66.3 Å². The maximum absolute atomic E-state index is 13.1. The van der Waals surface area contributed by atoms with Crippen molar-refractivity contribution in [2.75, 3.05) is 13.1 Å². The van der Waals surface area contributed by atoms with Crippen LogP contribution in [-0.4, -0.2) is 45.1 Å². The quantitative estimate of drug-likeness (QED) is 0.535. The number of fused-ring (bicyclic) bond motifs is 2. The summed E-state index contributed by atoms with van der Waals surface area (Å²) in [6, 6.07) is 11.7. The first kappa shape index (κ1) is 23.0. The molecule has 0 spiro atoms. The fourth-order valence-corrected chi connectivity index (χ4v) is 5.48. The van der Waals surface area contributed by atoms with E-state index in [1.165, 1.54) is 0 Å². The van der Waals surface area contributed by atoms with E-state index in [4.69, 9.17) is 11.6 Å². The molecule has 34 heavy (non-hydrogen) atoms. The Hall–Kier alpha value is -2.76. The molecule has 2 atom stereocenters. The van der Waals surface area contributed by atoms with Crippen LogP contribution >= 0.6 is 11.6 Å². The number of hydrogen-bond acceptors (Lipinski definition) is 4. The first-order valence-electron chi connectivity index (χ1n) is 11.9. The molecule has 2 bridgehead atoms. The Morgan fingerprint density at radius 1 is 1.00 bits per heavy atom. The van der Waals surface area contributed by atoms with Crippen LogP contribution in [0.25, 0.3) is 22.3 Å². The number of aliphatic hydroxyl groups is 1. The molecule has 2 fully saturated rings. The summed E-state index contributed by atoms with van der Waals surface area (Å²) in [4.78, 5) is 24.0. The van der Waals surface area contributed by atoms with Crippen LogP contribution in [0, 0.1) is 11.8 Å². The van der Waals surface area contributed by atoms with Gasteiger partial charge in [-0.2, -0.15) is 0 Å². The van der Waals surface area contributed by atoms with Gasteiger partial charge in [0.15, 0.2) is 0 Å². The molecule has 176 valence electrons. The lowest BCUT2D eigenvalue weighted by Crippen LogP contribution is -2.47. The minimum atomic E-state index is -0.269. The first-order valence-corrected chi connectivity index (χ1v) is 12.3. The zero-order valence-electron chi connectivity index (χ0n) is 19.8. The molecule has 3 aromatic rings. The van der Waals surface area contributed by atoms with Gasteiger partial charge in [-0.05, 0) is 48.7 Å². The summed E-state index contributed by atoms with van der Waals surface area (Å²) in [5, 5.41) is 10.8. The molecule has 1 amide bonds. The van der Waals surface area contributed by atoms with Crippen molar-refractivity contribution in [2.45, 2.75) is 45.1 Å². The number of amides is 1. The second-order valence-corrected chi connectivity index (χ2v) is 11.0. The predicted molar refractivity (Wildman–Crippen MR) is 135 cm³/mol. The van der Waals surface area contributed by atoms with Crippen molar-refractivity contribution < 1.29 is 9.90 Å². The Bertz CT molecular complexity index is 1220. The molecule has 2 aromatic heterocycles. The lowest BCUT2D eigenvalue weighted by Gasteiger charge is -2.35. The molecule has 2 unspecified atom stereocenters. The van der Waals surface area contributed by atoms with Gasteiger partial charge < -0.3 is 10.0 Å². The van der Waals surface area contributed by atoms with E-state index in [1.54, 1.807) is 12.3 Å². The molecule has 2 aliphatic rings. The minimum Gasteiger partial charge on any atom is -0.392 e. The molecule has 3 heterocycles. The Balaban J connectivity index is 1.40. The summed E-state index contributed by atoms with van der Waals surface area (Å²) in [5.74, 6) is 0.368. The van der Waals surface area contributed by atoms with Gasteiger partial charge >= 0.3 is 0 Å². The van der Waals surface area contributed by atoms with E-state index < -0.39 is 0 Å². The number of rotatable bonds is 3. The number of piperidine rings is 1. The number of carbonyl (C=O) groups is 1. The number of hydrogen-bond donors (Lipinski definition) is 1. The van der Waals surface area contributed by atoms with Crippen LogP contribution in [0.1, 0.15) is 49.7 Å². The highest BCUT2D eigenvalue weighted by Gasteiger charge is 2.42. The zero-order valence-corrected chi connectivity index (χ0v) is 20.6. The number of aliphatic hydroxyl groups excluding tert-OH is 1. The van der Waals surface area contributed by atoms with Gasteiger partial charge in [0.2, 0.25) is 0 Å². The monoisotopic (exact) mass is 475 g/mol. The van der Waals surface area contributed by atoms with E-state index in [-0.39, 0.29) is 29.3 Å². The number of benzene rings is 1. The number of pyridine rings is 2. The summed E-state index contributed by atoms with van der Waals surface area (Å²) in [6.07, 6.45) is 7.19. The molecule has 1 N–H and O–H groups in total. The standard InChI is InChI=1S/C28H30ClN3O2/c1-28(2,3)25-12-17(8-9-31-25)21-10-22(14-30-13-21)23-7-6-18(11-24(23)29)27(34)32-15-19-4-5-20(16-32)26(19)33/h6-14,19-20,26,33H,4-5,15-16H2,1-3H3. The van der Waals surface area contributed by atoms with Crippen LogP contribution in [0.4, 0.5) is 0 Å². The molecule has 1 aliphatic carbocycles. The van der Waals surface area contributed by atoms with Crippen LogP contribution in [0.3, 0.4) is 0 Å². The van der Waals surface area contributed by atoms with Gasteiger partial charge in [0, 0.05) is 81.9 Å². The van der Waals surface area contributed by atoms with E-state index in [9.17, 15) is 9.90 Å². The predicted octanol–water partition coefficient (Wildman–Crippen LogP) is 5.60. The highest BCUT2D eigenvalue weighted by atomic mass is 35.5. The fraction of sp³-hybridized carbons (Fsp3) is 0.393. The first-order chi connectivity index (χ1) is 16.2. The van der Waals surface area contributed by atoms with Crippen molar-refractivity contribution in [1.29, 1.82) is 0 Å². The summed E-state index contributed by atoms with van der Waals surface area (Å²) in [6.45, 7) is 7.67. The molecule has 1 aromatic carbocycles. The number of halogens is 1. The number of nitrogens with zero attached hydrogens (tertiary/aromatic N) is 3. The van der Waals surface area contributed by atoms with Crippen LogP contribution in [0.2, 0.25) is 5.02 Å². The van der Waals surface area contributed by atoms with Crippen molar-refractivity contribution in [1.82, 2.24) is 14.9 Å². The Morgan fingerprint density at radius 3 is 2.38 bits per heavy atom. The number of likely N-dealkylation sites (tertiary alicyclic amines) is 1. The second kappa shape index (κ2) is 8.79. The van der Waals surface area contributed by atoms with E-state index in [2.05, 4.69) is 42.9 Å². The maximum atomic E-state index is 13.1. The lowest BCUT2D eigenvalue weighted by atomic mass is 9.90. The molecule has 1 saturated carbocycles. The van der Waals surface area contributed by atoms with Gasteiger partial charge in [0.05, 0.1) is 6.10 Å². The third kappa shape index (κ3) is 4.35. The molecule has 0 radical (unpaired) electrons. The van der Waals surface area contributed by atoms with Crippen LogP contribution in [0.15, 0.2) is 55.0 Å². The Morgan fingerprint density at radius 2 is 1.71 bits per heavy atom. The van der Waals surface area contributed by atoms with Crippen LogP contribution < -0.4 is 0 Å². The highest BCUT2D eigenvalue weighted by molar-refractivity contribution is 6.33. The number of aromatic nitrogens is 2. The highest BCUT2D eigenvalue weighted by Crippen LogP contribution is 2.38. The molecular formula is C28H30ClN3O2. The maximum Gasteiger partial charge on any atom is 0.253 e. The minimum absolute atomic E-state index is 0.0179. The molecule has 6 heteroatoms. The van der Waals surface area contributed by atoms with E-state index in [1.807, 2.05) is 35.5 Å². The Kier molecular flexibility index (Phi) is 5.95. The third-order valence-corrected chi connectivity index (χ3v) is 7.51. The van der Waals surface area contributed by atoms with Crippen molar-refractivity contribution in [2.24, 2.45) is 11.8 Å². The van der Waals surface area contributed by atoms with Gasteiger partial charge in [0.25, 0.3) is 5.91 Å². The Labute approximate surface area is 205 Å². The summed E-state index contributed by atoms with van der Waals surface area (Å²) >= 11 is 6.67. The molecule has 1 saturated heterocycles. The van der Waals surface area contributed by atoms with E-state index >= 15 is 0 Å². The summed E-state index contributed by atoms with van der Waals surface area (Å²) < 4.78 is 0. The normalized spacial score (nSPS) is 22.1. The summed E-state index contributed by atoms with van der Waals surface area (Å²) in [5.41, 5.74) is 5.34. The molecule has 5 nitrogen and oxygen atoms in total. The SMILES string of the molecule is CC(C)(C)c1cc(-c2cncc(-c3ccc(C(=O)N4CC5CCC(C4)C5O)cc3Cl)c2)ccn1. The lowest BCUT2D eigenvalue weighted by molar-refractivity contribution is 0.0166. The van der Waals surface area contributed by atoms with Crippen molar-refractivity contribution >= 4 is 17.5 Å². The van der Waals surface area contributed by atoms with Gasteiger partial charge in [-0.25, -0.2) is 0 Å². The van der Waals surface area contributed by atoms with Gasteiger partial charge in [-0.15, -0.1) is 0 Å². The zero-order chi connectivity index (χ0) is 24.0. The van der Waals surface area contributed by atoms with Crippen LogP contribution in [0.5, 0.6) is 0 Å². The van der Waals surface area contributed by atoms with Crippen molar-refractivity contribution in [3.05, 3.63) is 71.3 Å². The fourth-order valence-electron chi connectivity index (χ4n) is 5.19. The summed E-state index contributed by atoms with van der Waals surface area (Å²) in [7, 11) is 0. The van der Waals surface area contributed by atoms with Crippen molar-refractivity contribution in [3.63, 3.8) is 0 Å². The van der Waals surface area contributed by atoms with Crippen molar-refractivity contribution in [3.8, 4) is 22.3 Å².